The molecule has 0 saturated heterocycles. The van der Waals surface area contributed by atoms with Gasteiger partial charge in [-0.25, -0.2) is 0 Å². The van der Waals surface area contributed by atoms with Crippen molar-refractivity contribution in [1.82, 2.24) is 0 Å². The molecule has 1 heteroatoms. The van der Waals surface area contributed by atoms with E-state index >= 15 is 0 Å². The molecule has 0 heterocycles. The normalized spacial score (nSPS) is 14.6. The maximum atomic E-state index is 2.48. The van der Waals surface area contributed by atoms with E-state index in [0.29, 0.717) is 0 Å². The van der Waals surface area contributed by atoms with Crippen LogP contribution in [-0.2, 0) is 10.8 Å². The standard InChI is InChI=1S/C44H37N/c1-43(2)41-28-36(45(34-18-9-6-10-19-34)35-20-13-17-32(26-35)30-14-7-5-8-15-30)24-25-38(41)40-27-33-23-22-31-16-11-12-21-37(31)39(33)29-42(40)44(43,3)4/h5-29H,1-4H3. The largest absolute Gasteiger partial charge is 0.310 e. The monoisotopic (exact) mass is 579 g/mol. The molecule has 0 unspecified atom stereocenters. The lowest BCUT2D eigenvalue weighted by Gasteiger charge is -2.49. The second-order valence-electron chi connectivity index (χ2n) is 13.5. The SMILES string of the molecule is CC1(C)c2cc(N(c3ccccc3)c3cccc(-c4ccccc4)c3)ccc2-c2cc3ccc4ccccc4c3cc2C1(C)C. The molecule has 0 spiro atoms. The van der Waals surface area contributed by atoms with Crippen LogP contribution in [0.4, 0.5) is 17.1 Å². The van der Waals surface area contributed by atoms with Crippen LogP contribution in [0.25, 0.3) is 43.8 Å². The molecular weight excluding hydrogens is 542 g/mol. The topological polar surface area (TPSA) is 3.24 Å². The fourth-order valence-corrected chi connectivity index (χ4v) is 7.37. The molecule has 0 radical (unpaired) electrons. The highest BCUT2D eigenvalue weighted by molar-refractivity contribution is 6.09. The Morgan fingerprint density at radius 2 is 0.978 bits per heavy atom. The summed E-state index contributed by atoms with van der Waals surface area (Å²) in [6.07, 6.45) is 0. The fourth-order valence-electron chi connectivity index (χ4n) is 7.37. The van der Waals surface area contributed by atoms with E-state index in [0.717, 1.165) is 11.4 Å². The maximum Gasteiger partial charge on any atom is 0.0467 e. The van der Waals surface area contributed by atoms with Gasteiger partial charge in [0, 0.05) is 17.1 Å². The van der Waals surface area contributed by atoms with Crippen molar-refractivity contribution >= 4 is 38.6 Å². The van der Waals surface area contributed by atoms with Gasteiger partial charge in [0.25, 0.3) is 0 Å². The van der Waals surface area contributed by atoms with Gasteiger partial charge in [0.1, 0.15) is 0 Å². The molecule has 0 N–H and O–H groups in total. The summed E-state index contributed by atoms with van der Waals surface area (Å²) in [7, 11) is 0. The van der Waals surface area contributed by atoms with Crippen molar-refractivity contribution in [2.75, 3.05) is 4.90 Å². The van der Waals surface area contributed by atoms with Gasteiger partial charge in [0.2, 0.25) is 0 Å². The zero-order valence-electron chi connectivity index (χ0n) is 26.4. The van der Waals surface area contributed by atoms with Crippen molar-refractivity contribution < 1.29 is 0 Å². The van der Waals surface area contributed by atoms with E-state index in [1.54, 1.807) is 0 Å². The van der Waals surface area contributed by atoms with E-state index in [2.05, 4.69) is 184 Å². The van der Waals surface area contributed by atoms with Gasteiger partial charge in [0.15, 0.2) is 0 Å². The van der Waals surface area contributed by atoms with E-state index in [1.807, 2.05) is 0 Å². The van der Waals surface area contributed by atoms with Crippen LogP contribution < -0.4 is 4.90 Å². The van der Waals surface area contributed by atoms with Crippen molar-refractivity contribution in [3.63, 3.8) is 0 Å². The Labute approximate surface area is 266 Å². The Morgan fingerprint density at radius 1 is 0.378 bits per heavy atom. The molecule has 218 valence electrons. The van der Waals surface area contributed by atoms with Gasteiger partial charge in [0.05, 0.1) is 0 Å². The van der Waals surface area contributed by atoms with Gasteiger partial charge >= 0.3 is 0 Å². The van der Waals surface area contributed by atoms with Crippen LogP contribution in [0.15, 0.2) is 152 Å². The summed E-state index contributed by atoms with van der Waals surface area (Å²) in [5, 5.41) is 5.25. The third-order valence-electron chi connectivity index (χ3n) is 10.6. The quantitative estimate of drug-likeness (QED) is 0.187. The zero-order valence-corrected chi connectivity index (χ0v) is 26.4. The molecule has 0 aliphatic heterocycles. The number of benzene rings is 7. The van der Waals surface area contributed by atoms with E-state index in [-0.39, 0.29) is 10.8 Å². The molecule has 45 heavy (non-hydrogen) atoms. The van der Waals surface area contributed by atoms with E-state index in [4.69, 9.17) is 0 Å². The van der Waals surface area contributed by atoms with E-state index in [1.165, 1.54) is 60.6 Å². The van der Waals surface area contributed by atoms with Crippen LogP contribution in [0.2, 0.25) is 0 Å². The van der Waals surface area contributed by atoms with Gasteiger partial charge in [-0.05, 0) is 114 Å². The second-order valence-corrected chi connectivity index (χ2v) is 13.5. The van der Waals surface area contributed by atoms with Crippen LogP contribution in [-0.4, -0.2) is 0 Å². The average molecular weight is 580 g/mol. The summed E-state index contributed by atoms with van der Waals surface area (Å²) in [5.41, 5.74) is 11.2. The van der Waals surface area contributed by atoms with Crippen LogP contribution in [0.1, 0.15) is 38.8 Å². The molecule has 7 aromatic rings. The maximum absolute atomic E-state index is 2.48. The van der Waals surface area contributed by atoms with Crippen molar-refractivity contribution in [3.8, 4) is 22.3 Å². The Bertz CT molecular complexity index is 2210. The number of para-hydroxylation sites is 1. The van der Waals surface area contributed by atoms with E-state index < -0.39 is 0 Å². The molecular formula is C44H37N. The molecule has 8 rings (SSSR count). The molecule has 0 fully saturated rings. The molecule has 7 aromatic carbocycles. The summed E-state index contributed by atoms with van der Waals surface area (Å²) >= 11 is 0. The molecule has 0 atom stereocenters. The average Bonchev–Trinajstić information content (AvgIpc) is 3.08. The molecule has 1 aliphatic rings. The molecule has 0 amide bonds. The number of hydrogen-bond donors (Lipinski definition) is 0. The minimum absolute atomic E-state index is 0.0934. The van der Waals surface area contributed by atoms with Gasteiger partial charge in [-0.15, -0.1) is 0 Å². The molecule has 0 aromatic heterocycles. The van der Waals surface area contributed by atoms with Gasteiger partial charge < -0.3 is 4.90 Å². The number of hydrogen-bond acceptors (Lipinski definition) is 1. The zero-order chi connectivity index (χ0) is 30.8. The van der Waals surface area contributed by atoms with Crippen molar-refractivity contribution in [2.24, 2.45) is 0 Å². The van der Waals surface area contributed by atoms with Crippen LogP contribution in [0.3, 0.4) is 0 Å². The Kier molecular flexibility index (Phi) is 6.22. The minimum atomic E-state index is -0.113. The van der Waals surface area contributed by atoms with Gasteiger partial charge in [-0.1, -0.05) is 131 Å². The lowest BCUT2D eigenvalue weighted by molar-refractivity contribution is 0.299. The van der Waals surface area contributed by atoms with Crippen molar-refractivity contribution in [3.05, 3.63) is 163 Å². The third kappa shape index (κ3) is 4.30. The highest BCUT2D eigenvalue weighted by Crippen LogP contribution is 2.56. The molecule has 1 nitrogen and oxygen atoms in total. The number of anilines is 3. The predicted molar refractivity (Wildman–Crippen MR) is 193 cm³/mol. The smallest absolute Gasteiger partial charge is 0.0467 e. The highest BCUT2D eigenvalue weighted by atomic mass is 15.1. The number of fused-ring (bicyclic) bond motifs is 6. The van der Waals surface area contributed by atoms with Crippen LogP contribution >= 0.6 is 0 Å². The first kappa shape index (κ1) is 27.4. The summed E-state index contributed by atoms with van der Waals surface area (Å²) in [6.45, 7) is 9.71. The van der Waals surface area contributed by atoms with Crippen molar-refractivity contribution in [2.45, 2.75) is 38.5 Å². The first-order chi connectivity index (χ1) is 21.8. The van der Waals surface area contributed by atoms with Crippen LogP contribution in [0.5, 0.6) is 0 Å². The molecule has 0 saturated carbocycles. The lowest BCUT2D eigenvalue weighted by atomic mass is 9.55. The molecule has 1 aliphatic carbocycles. The molecule has 0 bridgehead atoms. The highest BCUT2D eigenvalue weighted by Gasteiger charge is 2.46. The summed E-state index contributed by atoms with van der Waals surface area (Å²) in [4.78, 5) is 2.40. The Morgan fingerprint density at radius 3 is 1.76 bits per heavy atom. The third-order valence-corrected chi connectivity index (χ3v) is 10.6. The van der Waals surface area contributed by atoms with Gasteiger partial charge in [-0.3, -0.25) is 0 Å². The van der Waals surface area contributed by atoms with Crippen LogP contribution in [0, 0.1) is 0 Å². The first-order valence-electron chi connectivity index (χ1n) is 15.9. The Balaban J connectivity index is 1.33. The summed E-state index contributed by atoms with van der Waals surface area (Å²) in [6, 6.07) is 55.6. The van der Waals surface area contributed by atoms with Crippen molar-refractivity contribution in [1.29, 1.82) is 0 Å². The Hall–Kier alpha value is -5.14. The predicted octanol–water partition coefficient (Wildman–Crippen LogP) is 12.4. The minimum Gasteiger partial charge on any atom is -0.310 e. The second kappa shape index (κ2) is 10.2. The summed E-state index contributed by atoms with van der Waals surface area (Å²) in [5.74, 6) is 0. The fraction of sp³-hybridized carbons (Fsp3) is 0.136. The summed E-state index contributed by atoms with van der Waals surface area (Å²) < 4.78 is 0. The number of nitrogens with zero attached hydrogens (tertiary/aromatic N) is 1. The van der Waals surface area contributed by atoms with E-state index in [9.17, 15) is 0 Å². The number of rotatable bonds is 4. The first-order valence-corrected chi connectivity index (χ1v) is 15.9. The van der Waals surface area contributed by atoms with Gasteiger partial charge in [-0.2, -0.15) is 0 Å². The lowest BCUT2D eigenvalue weighted by Crippen LogP contribution is -2.43.